The Labute approximate surface area is 155 Å². The molecule has 0 radical (unpaired) electrons. The molecule has 0 spiro atoms. The van der Waals surface area contributed by atoms with E-state index in [9.17, 15) is 17.6 Å². The molecule has 1 N–H and O–H groups in total. The molecule has 0 unspecified atom stereocenters. The summed E-state index contributed by atoms with van der Waals surface area (Å²) in [5.74, 6) is -0.377. The van der Waals surface area contributed by atoms with Gasteiger partial charge in [-0.1, -0.05) is 5.21 Å². The number of pyridine rings is 1. The van der Waals surface area contributed by atoms with Crippen LogP contribution in [0.15, 0.2) is 48.9 Å². The molecule has 3 aromatic heterocycles. The average Bonchev–Trinajstić information content (AvgIpc) is 3.29. The Morgan fingerprint density at radius 3 is 2.43 bits per heavy atom. The van der Waals surface area contributed by atoms with E-state index >= 15 is 0 Å². The highest BCUT2D eigenvalue weighted by Crippen LogP contribution is 2.36. The van der Waals surface area contributed by atoms with Crippen LogP contribution >= 0.6 is 0 Å². The highest BCUT2D eigenvalue weighted by atomic mass is 19.4. The smallest absolute Gasteiger partial charge is 0.333 e. The van der Waals surface area contributed by atoms with Crippen LogP contribution in [-0.2, 0) is 13.2 Å². The number of halogens is 4. The van der Waals surface area contributed by atoms with Crippen molar-refractivity contribution in [2.45, 2.75) is 6.18 Å². The first kappa shape index (κ1) is 17.8. The number of hydrogen-bond donors (Lipinski definition) is 1. The lowest BCUT2D eigenvalue weighted by molar-refractivity contribution is -0.140. The van der Waals surface area contributed by atoms with Crippen molar-refractivity contribution in [3.05, 3.63) is 60.4 Å². The van der Waals surface area contributed by atoms with E-state index in [-0.39, 0.29) is 17.1 Å². The monoisotopic (exact) mass is 388 g/mol. The summed E-state index contributed by atoms with van der Waals surface area (Å²) in [6.07, 6.45) is -1.69. The molecule has 4 rings (SSSR count). The van der Waals surface area contributed by atoms with Gasteiger partial charge in [-0.2, -0.15) is 13.2 Å². The molecule has 0 aliphatic heterocycles. The van der Waals surface area contributed by atoms with Gasteiger partial charge in [0.1, 0.15) is 17.2 Å². The topological polar surface area (TPSA) is 72.3 Å². The van der Waals surface area contributed by atoms with Gasteiger partial charge in [0.15, 0.2) is 5.69 Å². The predicted molar refractivity (Wildman–Crippen MR) is 92.2 cm³/mol. The second-order valence-electron chi connectivity index (χ2n) is 6.02. The molecule has 10 heteroatoms. The van der Waals surface area contributed by atoms with E-state index in [2.05, 4.69) is 20.3 Å². The van der Waals surface area contributed by atoms with E-state index in [1.54, 1.807) is 30.1 Å². The Morgan fingerprint density at radius 2 is 1.71 bits per heavy atom. The molecule has 0 atom stereocenters. The minimum atomic E-state index is -4.62. The van der Waals surface area contributed by atoms with Gasteiger partial charge in [0.2, 0.25) is 0 Å². The maximum absolute atomic E-state index is 13.3. The molecule has 0 aliphatic rings. The number of aromatic nitrogens is 6. The van der Waals surface area contributed by atoms with Crippen molar-refractivity contribution in [2.24, 2.45) is 7.05 Å². The summed E-state index contributed by atoms with van der Waals surface area (Å²) in [4.78, 5) is 8.56. The van der Waals surface area contributed by atoms with Gasteiger partial charge in [-0.05, 0) is 36.4 Å². The fraction of sp³-hybridized carbons (Fsp3) is 0.111. The average molecular weight is 388 g/mol. The number of H-pyrrole nitrogens is 1. The summed E-state index contributed by atoms with van der Waals surface area (Å²) >= 11 is 0. The molecular weight excluding hydrogens is 376 g/mol. The summed E-state index contributed by atoms with van der Waals surface area (Å²) in [5.41, 5.74) is 0.991. The number of imidazole rings is 1. The first-order valence-corrected chi connectivity index (χ1v) is 8.07. The van der Waals surface area contributed by atoms with E-state index in [1.165, 1.54) is 30.5 Å². The zero-order valence-corrected chi connectivity index (χ0v) is 14.4. The van der Waals surface area contributed by atoms with Gasteiger partial charge in [0.25, 0.3) is 0 Å². The number of aryl methyl sites for hydroxylation is 1. The zero-order valence-electron chi connectivity index (χ0n) is 14.4. The first-order valence-electron chi connectivity index (χ1n) is 8.07. The molecule has 1 aromatic carbocycles. The van der Waals surface area contributed by atoms with Crippen LogP contribution in [-0.4, -0.2) is 29.9 Å². The van der Waals surface area contributed by atoms with Gasteiger partial charge in [-0.25, -0.2) is 9.37 Å². The van der Waals surface area contributed by atoms with E-state index < -0.39 is 11.9 Å². The Kier molecular flexibility index (Phi) is 4.17. The molecule has 3 heterocycles. The number of nitrogens with zero attached hydrogens (tertiary/aromatic N) is 5. The highest BCUT2D eigenvalue weighted by molar-refractivity contribution is 5.79. The van der Waals surface area contributed by atoms with E-state index in [0.29, 0.717) is 22.6 Å². The molecule has 4 aromatic rings. The van der Waals surface area contributed by atoms with E-state index in [4.69, 9.17) is 0 Å². The lowest BCUT2D eigenvalue weighted by atomic mass is 10.1. The lowest BCUT2D eigenvalue weighted by Gasteiger charge is -2.08. The maximum atomic E-state index is 13.3. The number of alkyl halides is 3. The van der Waals surface area contributed by atoms with Crippen molar-refractivity contribution in [1.82, 2.24) is 29.9 Å². The van der Waals surface area contributed by atoms with Gasteiger partial charge in [-0.3, -0.25) is 10.1 Å². The van der Waals surface area contributed by atoms with Crippen LogP contribution in [0.4, 0.5) is 17.6 Å². The third-order valence-corrected chi connectivity index (χ3v) is 4.16. The van der Waals surface area contributed by atoms with Gasteiger partial charge >= 0.3 is 6.18 Å². The maximum Gasteiger partial charge on any atom is 0.435 e. The number of benzene rings is 1. The van der Waals surface area contributed by atoms with Gasteiger partial charge in [0.05, 0.1) is 17.7 Å². The van der Waals surface area contributed by atoms with Crippen LogP contribution in [0.3, 0.4) is 0 Å². The molecule has 0 saturated carbocycles. The van der Waals surface area contributed by atoms with Gasteiger partial charge < -0.3 is 4.57 Å². The SMILES string of the molecule is Cn1cnc(-c2cc(-c3nn[nH]c3C(F)(F)F)ccn2)c1-c1ccc(F)cc1. The molecule has 142 valence electrons. The molecule has 0 bridgehead atoms. The van der Waals surface area contributed by atoms with Crippen LogP contribution in [0, 0.1) is 5.82 Å². The van der Waals surface area contributed by atoms with Gasteiger partial charge in [0, 0.05) is 24.4 Å². The van der Waals surface area contributed by atoms with E-state index in [1.807, 2.05) is 5.10 Å². The van der Waals surface area contributed by atoms with E-state index in [0.717, 1.165) is 0 Å². The van der Waals surface area contributed by atoms with Crippen LogP contribution < -0.4 is 0 Å². The van der Waals surface area contributed by atoms with Gasteiger partial charge in [-0.15, -0.1) is 5.10 Å². The molecule has 0 fully saturated rings. The summed E-state index contributed by atoms with van der Waals surface area (Å²) in [6.45, 7) is 0. The third kappa shape index (κ3) is 3.13. The molecule has 0 amide bonds. The fourth-order valence-electron chi connectivity index (χ4n) is 2.90. The second-order valence-corrected chi connectivity index (χ2v) is 6.02. The molecular formula is C18H12F4N6. The molecule has 0 saturated heterocycles. The van der Waals surface area contributed by atoms with Crippen LogP contribution in [0.2, 0.25) is 0 Å². The first-order chi connectivity index (χ1) is 13.3. The Bertz CT molecular complexity index is 1130. The standard InChI is InChI=1S/C18H12F4N6/c1-28-9-24-15(16(28)10-2-4-12(19)5-3-10)13-8-11(6-7-23-13)14-17(18(20,21)22)26-27-25-14/h2-9H,1H3,(H,25,26,27). The number of rotatable bonds is 3. The highest BCUT2D eigenvalue weighted by Gasteiger charge is 2.37. The quantitative estimate of drug-likeness (QED) is 0.537. The summed E-state index contributed by atoms with van der Waals surface area (Å²) in [5, 5.41) is 8.73. The Hall–Kier alpha value is -3.56. The third-order valence-electron chi connectivity index (χ3n) is 4.16. The Balaban J connectivity index is 1.82. The summed E-state index contributed by atoms with van der Waals surface area (Å²) in [7, 11) is 1.76. The zero-order chi connectivity index (χ0) is 19.9. The minimum absolute atomic E-state index is 0.196. The molecule has 28 heavy (non-hydrogen) atoms. The predicted octanol–water partition coefficient (Wildman–Crippen LogP) is 4.09. The van der Waals surface area contributed by atoms with Crippen molar-refractivity contribution < 1.29 is 17.6 Å². The lowest BCUT2D eigenvalue weighted by Crippen LogP contribution is -2.07. The van der Waals surface area contributed by atoms with Crippen LogP contribution in [0.5, 0.6) is 0 Å². The number of aromatic amines is 1. The molecule has 0 aliphatic carbocycles. The molecule has 6 nitrogen and oxygen atoms in total. The Morgan fingerprint density at radius 1 is 0.964 bits per heavy atom. The normalized spacial score (nSPS) is 11.8. The number of hydrogen-bond acceptors (Lipinski definition) is 4. The van der Waals surface area contributed by atoms with Crippen molar-refractivity contribution in [3.63, 3.8) is 0 Å². The largest absolute Gasteiger partial charge is 0.435 e. The van der Waals surface area contributed by atoms with Crippen molar-refractivity contribution >= 4 is 0 Å². The summed E-state index contributed by atoms with van der Waals surface area (Å²) in [6, 6.07) is 8.71. The van der Waals surface area contributed by atoms with Crippen LogP contribution in [0.1, 0.15) is 5.69 Å². The van der Waals surface area contributed by atoms with Crippen molar-refractivity contribution in [3.8, 4) is 33.9 Å². The second kappa shape index (κ2) is 6.55. The van der Waals surface area contributed by atoms with Crippen molar-refractivity contribution in [1.29, 1.82) is 0 Å². The van der Waals surface area contributed by atoms with Crippen LogP contribution in [0.25, 0.3) is 33.9 Å². The number of nitrogens with one attached hydrogen (secondary N) is 1. The fourth-order valence-corrected chi connectivity index (χ4v) is 2.90. The van der Waals surface area contributed by atoms with Crippen molar-refractivity contribution in [2.75, 3.05) is 0 Å². The minimum Gasteiger partial charge on any atom is -0.333 e. The summed E-state index contributed by atoms with van der Waals surface area (Å²) < 4.78 is 54.4.